The Labute approximate surface area is 202 Å². The third kappa shape index (κ3) is 8.08. The Balaban J connectivity index is 1.53. The van der Waals surface area contributed by atoms with Gasteiger partial charge in [0.1, 0.15) is 5.75 Å². The van der Waals surface area contributed by atoms with E-state index in [-0.39, 0.29) is 17.9 Å². The summed E-state index contributed by atoms with van der Waals surface area (Å²) >= 11 is 6.27. The maximum Gasteiger partial charge on any atom is 0.255 e. The summed E-state index contributed by atoms with van der Waals surface area (Å²) in [5, 5.41) is 6.31. The molecule has 6 heteroatoms. The highest BCUT2D eigenvalue weighted by Gasteiger charge is 2.19. The average molecular weight is 471 g/mol. The number of hydrogen-bond acceptors (Lipinski definition) is 3. The molecule has 1 aliphatic carbocycles. The molecule has 5 nitrogen and oxygen atoms in total. The lowest BCUT2D eigenvalue weighted by molar-refractivity contribution is 0.0926. The van der Waals surface area contributed by atoms with Crippen LogP contribution >= 0.6 is 11.6 Å². The van der Waals surface area contributed by atoms with Crippen LogP contribution in [0.3, 0.4) is 0 Å². The zero-order valence-electron chi connectivity index (χ0n) is 19.5. The van der Waals surface area contributed by atoms with Gasteiger partial charge in [0, 0.05) is 17.3 Å². The Morgan fingerprint density at radius 2 is 1.67 bits per heavy atom. The van der Waals surface area contributed by atoms with Crippen LogP contribution in [0.2, 0.25) is 5.02 Å². The topological polar surface area (TPSA) is 67.4 Å². The lowest BCUT2D eigenvalue weighted by Crippen LogP contribution is -2.36. The minimum Gasteiger partial charge on any atom is -0.494 e. The molecule has 2 aromatic carbocycles. The van der Waals surface area contributed by atoms with Crippen LogP contribution in [0, 0.1) is 0 Å². The second kappa shape index (κ2) is 13.2. The summed E-state index contributed by atoms with van der Waals surface area (Å²) in [7, 11) is 0. The Kier molecular flexibility index (Phi) is 10.1. The van der Waals surface area contributed by atoms with Crippen LogP contribution in [0.15, 0.2) is 42.5 Å². The van der Waals surface area contributed by atoms with Crippen molar-refractivity contribution in [3.8, 4) is 5.75 Å². The van der Waals surface area contributed by atoms with Crippen LogP contribution in [0.1, 0.15) is 91.8 Å². The number of carbonyl (C=O) groups is 2. The van der Waals surface area contributed by atoms with Gasteiger partial charge in [-0.25, -0.2) is 0 Å². The van der Waals surface area contributed by atoms with Crippen LogP contribution in [0.25, 0.3) is 0 Å². The normalized spacial score (nSPS) is 14.0. The van der Waals surface area contributed by atoms with Gasteiger partial charge < -0.3 is 15.4 Å². The summed E-state index contributed by atoms with van der Waals surface area (Å²) in [5.74, 6) is 0.316. The number of ether oxygens (including phenoxy) is 1. The van der Waals surface area contributed by atoms with Gasteiger partial charge in [0.15, 0.2) is 0 Å². The van der Waals surface area contributed by atoms with Crippen LogP contribution in [-0.2, 0) is 0 Å². The van der Waals surface area contributed by atoms with E-state index in [4.69, 9.17) is 16.3 Å². The van der Waals surface area contributed by atoms with Crippen LogP contribution in [-0.4, -0.2) is 24.5 Å². The van der Waals surface area contributed by atoms with Crippen molar-refractivity contribution in [2.75, 3.05) is 11.9 Å². The summed E-state index contributed by atoms with van der Waals surface area (Å²) < 4.78 is 5.77. The molecule has 33 heavy (non-hydrogen) atoms. The zero-order chi connectivity index (χ0) is 23.5. The molecular weight excluding hydrogens is 436 g/mol. The van der Waals surface area contributed by atoms with Gasteiger partial charge in [0.25, 0.3) is 11.8 Å². The predicted octanol–water partition coefficient (Wildman–Crippen LogP) is 7.00. The second-order valence-corrected chi connectivity index (χ2v) is 9.15. The molecule has 0 aromatic heterocycles. The smallest absolute Gasteiger partial charge is 0.255 e. The number of hydrogen-bond donors (Lipinski definition) is 2. The molecule has 0 saturated heterocycles. The zero-order valence-corrected chi connectivity index (χ0v) is 20.3. The van der Waals surface area contributed by atoms with Crippen molar-refractivity contribution >= 4 is 29.1 Å². The fraction of sp³-hybridized carbons (Fsp3) is 0.481. The molecule has 1 aliphatic rings. The highest BCUT2D eigenvalue weighted by Crippen LogP contribution is 2.23. The van der Waals surface area contributed by atoms with Crippen molar-refractivity contribution in [3.05, 3.63) is 58.6 Å². The quantitative estimate of drug-likeness (QED) is 0.347. The summed E-state index contributed by atoms with van der Waals surface area (Å²) in [6.07, 6.45) is 11.4. The number of carbonyl (C=O) groups excluding carboxylic acids is 2. The van der Waals surface area contributed by atoms with Gasteiger partial charge >= 0.3 is 0 Å². The molecule has 178 valence electrons. The minimum atomic E-state index is -0.248. The first-order valence-electron chi connectivity index (χ1n) is 12.2. The third-order valence-electron chi connectivity index (χ3n) is 6.04. The molecule has 1 saturated carbocycles. The molecule has 3 rings (SSSR count). The second-order valence-electron chi connectivity index (χ2n) is 8.74. The van der Waals surface area contributed by atoms with Crippen molar-refractivity contribution in [2.45, 2.75) is 77.2 Å². The standard InChI is InChI=1S/C27H35ClN2O3/c1-2-3-4-5-9-18-33-23-15-12-20(13-16-23)26(31)30-22-14-17-25(28)24(19-22)27(32)29-21-10-7-6-8-11-21/h12-17,19,21H,2-11,18H2,1H3,(H,29,32)(H,30,31). The number of amides is 2. The maximum absolute atomic E-state index is 12.7. The maximum atomic E-state index is 12.7. The number of unbranched alkanes of at least 4 members (excludes halogenated alkanes) is 4. The van der Waals surface area contributed by atoms with E-state index in [0.29, 0.717) is 28.4 Å². The largest absolute Gasteiger partial charge is 0.494 e. The highest BCUT2D eigenvalue weighted by molar-refractivity contribution is 6.34. The van der Waals surface area contributed by atoms with Gasteiger partial charge in [-0.2, -0.15) is 0 Å². The first-order valence-corrected chi connectivity index (χ1v) is 12.6. The Bertz CT molecular complexity index is 908. The summed E-state index contributed by atoms with van der Waals surface area (Å²) in [6.45, 7) is 2.89. The lowest BCUT2D eigenvalue weighted by Gasteiger charge is -2.23. The van der Waals surface area contributed by atoms with Crippen LogP contribution < -0.4 is 15.4 Å². The van der Waals surface area contributed by atoms with Crippen LogP contribution in [0.4, 0.5) is 5.69 Å². The van der Waals surface area contributed by atoms with Gasteiger partial charge in [-0.3, -0.25) is 9.59 Å². The van der Waals surface area contributed by atoms with Crippen molar-refractivity contribution in [1.82, 2.24) is 5.32 Å². The number of halogens is 1. The monoisotopic (exact) mass is 470 g/mol. The molecule has 0 unspecified atom stereocenters. The third-order valence-corrected chi connectivity index (χ3v) is 6.37. The summed E-state index contributed by atoms with van der Waals surface area (Å²) in [6, 6.07) is 12.3. The van der Waals surface area contributed by atoms with E-state index in [9.17, 15) is 9.59 Å². The van der Waals surface area contributed by atoms with E-state index in [1.165, 1.54) is 32.1 Å². The minimum absolute atomic E-state index is 0.192. The molecular formula is C27H35ClN2O3. The number of rotatable bonds is 11. The van der Waals surface area contributed by atoms with E-state index in [2.05, 4.69) is 17.6 Å². The molecule has 0 heterocycles. The summed E-state index contributed by atoms with van der Waals surface area (Å²) in [4.78, 5) is 25.4. The fourth-order valence-electron chi connectivity index (χ4n) is 4.09. The molecule has 2 N–H and O–H groups in total. The van der Waals surface area contributed by atoms with Gasteiger partial charge in [-0.05, 0) is 61.7 Å². The van der Waals surface area contributed by atoms with Crippen molar-refractivity contribution in [2.24, 2.45) is 0 Å². The number of nitrogens with one attached hydrogen (secondary N) is 2. The van der Waals surface area contributed by atoms with Crippen molar-refractivity contribution in [1.29, 1.82) is 0 Å². The number of anilines is 1. The Morgan fingerprint density at radius 1 is 0.939 bits per heavy atom. The van der Waals surface area contributed by atoms with E-state index >= 15 is 0 Å². The van der Waals surface area contributed by atoms with Gasteiger partial charge in [-0.15, -0.1) is 0 Å². The van der Waals surface area contributed by atoms with Gasteiger partial charge in [0.05, 0.1) is 17.2 Å². The van der Waals surface area contributed by atoms with Gasteiger partial charge in [0.2, 0.25) is 0 Å². The molecule has 0 bridgehead atoms. The fourth-order valence-corrected chi connectivity index (χ4v) is 4.29. The van der Waals surface area contributed by atoms with Crippen molar-refractivity contribution < 1.29 is 14.3 Å². The predicted molar refractivity (Wildman–Crippen MR) is 134 cm³/mol. The van der Waals surface area contributed by atoms with Gasteiger partial charge in [-0.1, -0.05) is 63.5 Å². The summed E-state index contributed by atoms with van der Waals surface area (Å²) in [5.41, 5.74) is 1.43. The van der Waals surface area contributed by atoms with E-state index < -0.39 is 0 Å². The molecule has 2 aromatic rings. The lowest BCUT2D eigenvalue weighted by atomic mass is 9.95. The van der Waals surface area contributed by atoms with Crippen LogP contribution in [0.5, 0.6) is 5.75 Å². The van der Waals surface area contributed by atoms with E-state index in [0.717, 1.165) is 37.9 Å². The molecule has 0 spiro atoms. The molecule has 1 fully saturated rings. The molecule has 2 amide bonds. The van der Waals surface area contributed by atoms with E-state index in [1.54, 1.807) is 30.3 Å². The highest BCUT2D eigenvalue weighted by atomic mass is 35.5. The molecule has 0 radical (unpaired) electrons. The van der Waals surface area contributed by atoms with Crippen molar-refractivity contribution in [3.63, 3.8) is 0 Å². The molecule has 0 aliphatic heterocycles. The first-order chi connectivity index (χ1) is 16.1. The first kappa shape index (κ1) is 25.1. The number of benzene rings is 2. The SMILES string of the molecule is CCCCCCCOc1ccc(C(=O)Nc2ccc(Cl)c(C(=O)NC3CCCCC3)c2)cc1. The Hall–Kier alpha value is -2.53. The average Bonchev–Trinajstić information content (AvgIpc) is 2.83. The molecule has 0 atom stereocenters. The van der Waals surface area contributed by atoms with E-state index in [1.807, 2.05) is 12.1 Å². The Morgan fingerprint density at radius 3 is 2.39 bits per heavy atom.